The van der Waals surface area contributed by atoms with Gasteiger partial charge in [0.2, 0.25) is 16.0 Å². The molecule has 0 amide bonds. The molecule has 1 N–H and O–H groups in total. The minimum absolute atomic E-state index is 0.242. The second kappa shape index (κ2) is 7.10. The lowest BCUT2D eigenvalue weighted by Crippen LogP contribution is -2.20. The van der Waals surface area contributed by atoms with Gasteiger partial charge in [-0.1, -0.05) is 12.1 Å². The minimum Gasteiger partial charge on any atom is -0.347 e. The summed E-state index contributed by atoms with van der Waals surface area (Å²) in [6.07, 6.45) is -4.46. The molecule has 2 aromatic rings. The Morgan fingerprint density at radius 2 is 1.54 bits per heavy atom. The van der Waals surface area contributed by atoms with Gasteiger partial charge in [-0.05, 0) is 31.5 Å². The zero-order valence-electron chi connectivity index (χ0n) is 14.7. The first-order chi connectivity index (χ1) is 11.9. The van der Waals surface area contributed by atoms with E-state index in [2.05, 4.69) is 14.7 Å². The molecular weight excluding hydrogens is 369 g/mol. The van der Waals surface area contributed by atoms with Crippen molar-refractivity contribution in [2.75, 3.05) is 23.7 Å². The predicted molar refractivity (Wildman–Crippen MR) is 93.5 cm³/mol. The van der Waals surface area contributed by atoms with E-state index in [4.69, 9.17) is 0 Å². The van der Waals surface area contributed by atoms with Crippen LogP contribution in [-0.2, 0) is 22.0 Å². The summed E-state index contributed by atoms with van der Waals surface area (Å²) in [5, 5.41) is 0. The zero-order valence-corrected chi connectivity index (χ0v) is 15.5. The Hall–Kier alpha value is -2.36. The number of hydrogen-bond donors (Lipinski definition) is 1. The number of nitrogens with one attached hydrogen (secondary N) is 1. The number of aryl methyl sites for hydroxylation is 2. The van der Waals surface area contributed by atoms with Crippen molar-refractivity contribution in [3.8, 4) is 0 Å². The van der Waals surface area contributed by atoms with Crippen molar-refractivity contribution in [3.05, 3.63) is 46.8 Å². The fourth-order valence-electron chi connectivity index (χ4n) is 2.25. The van der Waals surface area contributed by atoms with Crippen molar-refractivity contribution < 1.29 is 21.6 Å². The molecule has 0 radical (unpaired) electrons. The highest BCUT2D eigenvalue weighted by molar-refractivity contribution is 7.91. The van der Waals surface area contributed by atoms with E-state index in [9.17, 15) is 21.6 Å². The van der Waals surface area contributed by atoms with Gasteiger partial charge in [0.1, 0.15) is 0 Å². The van der Waals surface area contributed by atoms with Crippen molar-refractivity contribution in [1.82, 2.24) is 9.97 Å². The van der Waals surface area contributed by atoms with Crippen molar-refractivity contribution in [3.63, 3.8) is 0 Å². The lowest BCUT2D eigenvalue weighted by molar-refractivity contribution is -0.137. The monoisotopic (exact) mass is 388 g/mol. The fourth-order valence-corrected chi connectivity index (χ4v) is 3.56. The van der Waals surface area contributed by atoms with Gasteiger partial charge in [-0.15, -0.1) is 0 Å². The second-order valence-corrected chi connectivity index (χ2v) is 7.74. The normalized spacial score (nSPS) is 12.1. The summed E-state index contributed by atoms with van der Waals surface area (Å²) in [6, 6.07) is 4.01. The molecule has 0 aliphatic rings. The van der Waals surface area contributed by atoms with Gasteiger partial charge >= 0.3 is 6.18 Å². The van der Waals surface area contributed by atoms with Crippen molar-refractivity contribution in [1.29, 1.82) is 0 Å². The maximum atomic E-state index is 12.6. The van der Waals surface area contributed by atoms with Crippen LogP contribution < -0.4 is 9.62 Å². The first-order valence-corrected chi connectivity index (χ1v) is 9.23. The Morgan fingerprint density at radius 1 is 1.04 bits per heavy atom. The molecule has 0 aliphatic heterocycles. The van der Waals surface area contributed by atoms with Crippen molar-refractivity contribution >= 4 is 21.7 Å². The third-order valence-corrected chi connectivity index (χ3v) is 4.78. The third kappa shape index (κ3) is 4.84. The van der Waals surface area contributed by atoms with Crippen LogP contribution in [0.15, 0.2) is 24.3 Å². The molecule has 0 bridgehead atoms. The lowest BCUT2D eigenvalue weighted by Gasteiger charge is -2.16. The molecule has 0 saturated heterocycles. The Kier molecular flexibility index (Phi) is 5.45. The molecule has 0 atom stereocenters. The van der Waals surface area contributed by atoms with E-state index in [0.29, 0.717) is 17.3 Å². The molecular formula is C16H19F3N4O2S. The van der Waals surface area contributed by atoms with Gasteiger partial charge in [0.25, 0.3) is 0 Å². The number of sulfonamides is 1. The molecule has 1 aromatic carbocycles. The van der Waals surface area contributed by atoms with Gasteiger partial charge in [0.05, 0.1) is 28.4 Å². The molecule has 26 heavy (non-hydrogen) atoms. The number of aromatic nitrogens is 2. The molecule has 142 valence electrons. The van der Waals surface area contributed by atoms with E-state index >= 15 is 0 Å². The van der Waals surface area contributed by atoms with Gasteiger partial charge < -0.3 is 4.90 Å². The quantitative estimate of drug-likeness (QED) is 0.852. The number of halogens is 3. The van der Waals surface area contributed by atoms with Crippen LogP contribution in [0.25, 0.3) is 0 Å². The van der Waals surface area contributed by atoms with Gasteiger partial charge in [0, 0.05) is 14.1 Å². The molecule has 6 nitrogen and oxygen atoms in total. The average molecular weight is 388 g/mol. The average Bonchev–Trinajstić information content (AvgIpc) is 2.50. The third-order valence-electron chi connectivity index (χ3n) is 3.55. The maximum Gasteiger partial charge on any atom is 0.416 e. The number of alkyl halides is 3. The highest BCUT2D eigenvalue weighted by atomic mass is 32.2. The molecule has 2 rings (SSSR count). The van der Waals surface area contributed by atoms with Crippen LogP contribution in [-0.4, -0.2) is 32.5 Å². The predicted octanol–water partition coefficient (Wildman–Crippen LogP) is 3.12. The summed E-state index contributed by atoms with van der Waals surface area (Å²) in [7, 11) is -0.306. The molecule has 0 spiro atoms. The van der Waals surface area contributed by atoms with Crippen molar-refractivity contribution in [2.45, 2.75) is 25.8 Å². The molecule has 1 heterocycles. The molecule has 1 aromatic heterocycles. The number of hydrogen-bond acceptors (Lipinski definition) is 5. The smallest absolute Gasteiger partial charge is 0.347 e. The Balaban J connectivity index is 2.22. The van der Waals surface area contributed by atoms with E-state index < -0.39 is 27.5 Å². The van der Waals surface area contributed by atoms with Crippen LogP contribution >= 0.6 is 0 Å². The summed E-state index contributed by atoms with van der Waals surface area (Å²) in [5.74, 6) is -0.00917. The first-order valence-electron chi connectivity index (χ1n) is 7.58. The van der Waals surface area contributed by atoms with Gasteiger partial charge in [-0.25, -0.2) is 18.4 Å². The number of anilines is 2. The standard InChI is InChI=1S/C16H19F3N4O2S/c1-10-14(11(2)21-15(20-10)23(3)4)22-26(24,25)9-12-5-7-13(8-6-12)16(17,18)19/h5-8,22H,9H2,1-4H3. The van der Waals surface area contributed by atoms with E-state index in [1.165, 1.54) is 0 Å². The molecule has 0 aliphatic carbocycles. The number of nitrogens with zero attached hydrogens (tertiary/aromatic N) is 3. The molecule has 10 heteroatoms. The fraction of sp³-hybridized carbons (Fsp3) is 0.375. The Labute approximate surface area is 150 Å². The summed E-state index contributed by atoms with van der Waals surface area (Å²) in [6.45, 7) is 3.30. The summed E-state index contributed by atoms with van der Waals surface area (Å²) >= 11 is 0. The molecule has 0 unspecified atom stereocenters. The Morgan fingerprint density at radius 3 is 1.96 bits per heavy atom. The topological polar surface area (TPSA) is 75.2 Å². The zero-order chi connectivity index (χ0) is 19.7. The van der Waals surface area contributed by atoms with E-state index in [1.807, 2.05) is 0 Å². The largest absolute Gasteiger partial charge is 0.416 e. The van der Waals surface area contributed by atoms with Crippen LogP contribution in [0.3, 0.4) is 0 Å². The van der Waals surface area contributed by atoms with E-state index in [-0.39, 0.29) is 11.3 Å². The highest BCUT2D eigenvalue weighted by Gasteiger charge is 2.30. The summed E-state index contributed by atoms with van der Waals surface area (Å²) in [5.41, 5.74) is 0.592. The SMILES string of the molecule is Cc1nc(N(C)C)nc(C)c1NS(=O)(=O)Cc1ccc(C(F)(F)F)cc1. The lowest BCUT2D eigenvalue weighted by atomic mass is 10.1. The first kappa shape index (κ1) is 20.0. The van der Waals surface area contributed by atoms with Crippen LogP contribution in [0, 0.1) is 13.8 Å². The summed E-state index contributed by atoms with van der Waals surface area (Å²) in [4.78, 5) is 10.1. The van der Waals surface area contributed by atoms with E-state index in [1.54, 1.807) is 32.8 Å². The van der Waals surface area contributed by atoms with E-state index in [0.717, 1.165) is 24.3 Å². The second-order valence-electron chi connectivity index (χ2n) is 6.02. The number of benzene rings is 1. The van der Waals surface area contributed by atoms with Crippen LogP contribution in [0.2, 0.25) is 0 Å². The van der Waals surface area contributed by atoms with Gasteiger partial charge in [0.15, 0.2) is 0 Å². The van der Waals surface area contributed by atoms with Gasteiger partial charge in [-0.3, -0.25) is 4.72 Å². The number of rotatable bonds is 5. The molecule has 0 fully saturated rings. The molecule has 0 saturated carbocycles. The highest BCUT2D eigenvalue weighted by Crippen LogP contribution is 2.29. The van der Waals surface area contributed by atoms with Crippen LogP contribution in [0.1, 0.15) is 22.5 Å². The van der Waals surface area contributed by atoms with Crippen LogP contribution in [0.5, 0.6) is 0 Å². The Bertz CT molecular complexity index is 872. The maximum absolute atomic E-state index is 12.6. The van der Waals surface area contributed by atoms with Crippen molar-refractivity contribution in [2.24, 2.45) is 0 Å². The minimum atomic E-state index is -4.46. The van der Waals surface area contributed by atoms with Crippen LogP contribution in [0.4, 0.5) is 24.8 Å². The summed E-state index contributed by atoms with van der Waals surface area (Å²) < 4.78 is 64.9. The van der Waals surface area contributed by atoms with Gasteiger partial charge in [-0.2, -0.15) is 13.2 Å².